The van der Waals surface area contributed by atoms with E-state index in [9.17, 15) is 0 Å². The highest BCUT2D eigenvalue weighted by Gasteiger charge is 2.52. The van der Waals surface area contributed by atoms with Gasteiger partial charge in [0.1, 0.15) is 0 Å². The Labute approximate surface area is 131 Å². The molecule has 1 N–H and O–H groups in total. The largest absolute Gasteiger partial charge is 0.392 e. The van der Waals surface area contributed by atoms with Crippen molar-refractivity contribution >= 4 is 0 Å². The molecule has 1 fully saturated rings. The highest BCUT2D eigenvalue weighted by Crippen LogP contribution is 2.61. The van der Waals surface area contributed by atoms with Gasteiger partial charge in [0.15, 0.2) is 0 Å². The molecule has 1 saturated carbocycles. The molecule has 2 rings (SSSR count). The van der Waals surface area contributed by atoms with Gasteiger partial charge < -0.3 is 5.11 Å². The molecule has 0 heterocycles. The molecule has 0 radical (unpaired) electrons. The van der Waals surface area contributed by atoms with Gasteiger partial charge >= 0.3 is 0 Å². The maximum absolute atomic E-state index is 9.07. The second-order valence-corrected chi connectivity index (χ2v) is 8.11. The van der Waals surface area contributed by atoms with E-state index in [2.05, 4.69) is 40.7 Å². The summed E-state index contributed by atoms with van der Waals surface area (Å²) in [7, 11) is 0. The van der Waals surface area contributed by atoms with Crippen molar-refractivity contribution in [3.8, 4) is 0 Å². The fraction of sp³-hybridized carbons (Fsp3) is 0.800. The van der Waals surface area contributed by atoms with Crippen LogP contribution in [0.2, 0.25) is 0 Å². The number of fused-ring (bicyclic) bond motifs is 1. The third-order valence-electron chi connectivity index (χ3n) is 7.09. The number of rotatable bonds is 4. The van der Waals surface area contributed by atoms with E-state index in [1.165, 1.54) is 37.7 Å². The molecule has 0 bridgehead atoms. The van der Waals surface area contributed by atoms with Crippen LogP contribution in [0.1, 0.15) is 73.1 Å². The summed E-state index contributed by atoms with van der Waals surface area (Å²) in [4.78, 5) is 0. The van der Waals surface area contributed by atoms with Crippen LogP contribution in [-0.2, 0) is 0 Å². The van der Waals surface area contributed by atoms with E-state index in [1.807, 2.05) is 6.08 Å². The van der Waals surface area contributed by atoms with Crippen molar-refractivity contribution in [2.45, 2.75) is 73.1 Å². The molecule has 2 aliphatic carbocycles. The van der Waals surface area contributed by atoms with Gasteiger partial charge in [0.2, 0.25) is 0 Å². The van der Waals surface area contributed by atoms with Crippen LogP contribution in [-0.4, -0.2) is 11.7 Å². The average Bonchev–Trinajstić information content (AvgIpc) is 2.44. The molecule has 21 heavy (non-hydrogen) atoms. The standard InChI is InChI=1S/C20H34O/c1-15(11-14-21)9-12-19(4)17(3)10-13-20(5)16(2)7-6-8-18(19)20/h7,11,17-18,21H,6,8-10,12-14H2,1-5H3/b15-11+/t17-,18+,19-,20-/m0/s1. The van der Waals surface area contributed by atoms with Crippen molar-refractivity contribution in [3.05, 3.63) is 23.3 Å². The van der Waals surface area contributed by atoms with Gasteiger partial charge in [-0.2, -0.15) is 0 Å². The van der Waals surface area contributed by atoms with E-state index in [0.29, 0.717) is 10.8 Å². The maximum Gasteiger partial charge on any atom is 0.0614 e. The van der Waals surface area contributed by atoms with E-state index in [-0.39, 0.29) is 6.61 Å². The van der Waals surface area contributed by atoms with E-state index in [1.54, 1.807) is 5.57 Å². The number of hydrogen-bond acceptors (Lipinski definition) is 1. The molecule has 1 heteroatoms. The summed E-state index contributed by atoms with van der Waals surface area (Å²) in [6.07, 6.45) is 12.2. The molecule has 0 unspecified atom stereocenters. The fourth-order valence-corrected chi connectivity index (χ4v) is 5.06. The SMILES string of the molecule is CC1=CCC[C@@H]2[C@@](C)(CC/C(C)=C/CO)[C@@H](C)CC[C@@]12C. The minimum absolute atomic E-state index is 0.182. The maximum atomic E-state index is 9.07. The Balaban J connectivity index is 2.23. The number of aliphatic hydroxyl groups is 1. The van der Waals surface area contributed by atoms with Gasteiger partial charge in [-0.1, -0.05) is 44.1 Å². The van der Waals surface area contributed by atoms with Gasteiger partial charge in [-0.05, 0) is 75.0 Å². The van der Waals surface area contributed by atoms with Crippen LogP contribution in [0.15, 0.2) is 23.3 Å². The average molecular weight is 290 g/mol. The summed E-state index contributed by atoms with van der Waals surface area (Å²) in [6, 6.07) is 0. The van der Waals surface area contributed by atoms with Gasteiger partial charge in [0, 0.05) is 0 Å². The zero-order valence-corrected chi connectivity index (χ0v) is 14.7. The third kappa shape index (κ3) is 2.99. The van der Waals surface area contributed by atoms with Crippen LogP contribution in [0.5, 0.6) is 0 Å². The first-order chi connectivity index (χ1) is 9.84. The highest BCUT2D eigenvalue weighted by molar-refractivity contribution is 5.21. The monoisotopic (exact) mass is 290 g/mol. The first-order valence-electron chi connectivity index (χ1n) is 8.78. The van der Waals surface area contributed by atoms with Crippen LogP contribution in [0.4, 0.5) is 0 Å². The molecule has 1 nitrogen and oxygen atoms in total. The number of aliphatic hydroxyl groups excluding tert-OH is 1. The smallest absolute Gasteiger partial charge is 0.0614 e. The minimum Gasteiger partial charge on any atom is -0.392 e. The molecular weight excluding hydrogens is 256 g/mol. The molecule has 0 aromatic carbocycles. The van der Waals surface area contributed by atoms with Crippen molar-refractivity contribution in [2.24, 2.45) is 22.7 Å². The zero-order valence-electron chi connectivity index (χ0n) is 14.7. The fourth-order valence-electron chi connectivity index (χ4n) is 5.06. The Morgan fingerprint density at radius 3 is 2.76 bits per heavy atom. The number of allylic oxidation sites excluding steroid dienone is 3. The topological polar surface area (TPSA) is 20.2 Å². The van der Waals surface area contributed by atoms with Crippen molar-refractivity contribution in [2.75, 3.05) is 6.61 Å². The number of hydrogen-bond donors (Lipinski definition) is 1. The van der Waals surface area contributed by atoms with Gasteiger partial charge in [0.05, 0.1) is 6.61 Å². The van der Waals surface area contributed by atoms with Crippen LogP contribution in [0, 0.1) is 22.7 Å². The Hall–Kier alpha value is -0.560. The van der Waals surface area contributed by atoms with Crippen LogP contribution >= 0.6 is 0 Å². The van der Waals surface area contributed by atoms with Crippen molar-refractivity contribution in [1.82, 2.24) is 0 Å². The van der Waals surface area contributed by atoms with E-state index < -0.39 is 0 Å². The minimum atomic E-state index is 0.182. The van der Waals surface area contributed by atoms with E-state index in [4.69, 9.17) is 5.11 Å². The first-order valence-corrected chi connectivity index (χ1v) is 8.78. The molecule has 0 aromatic heterocycles. The zero-order chi connectivity index (χ0) is 15.7. The lowest BCUT2D eigenvalue weighted by atomic mass is 9.47. The molecule has 0 spiro atoms. The molecule has 2 aliphatic rings. The van der Waals surface area contributed by atoms with E-state index in [0.717, 1.165) is 18.3 Å². The predicted octanol–water partition coefficient (Wildman–Crippen LogP) is 5.50. The molecule has 4 atom stereocenters. The summed E-state index contributed by atoms with van der Waals surface area (Å²) < 4.78 is 0. The Bertz CT molecular complexity index is 433. The van der Waals surface area contributed by atoms with Crippen LogP contribution in [0.25, 0.3) is 0 Å². The summed E-state index contributed by atoms with van der Waals surface area (Å²) in [5.41, 5.74) is 3.85. The molecule has 0 amide bonds. The quantitative estimate of drug-likeness (QED) is 0.677. The van der Waals surface area contributed by atoms with Crippen molar-refractivity contribution in [3.63, 3.8) is 0 Å². The summed E-state index contributed by atoms with van der Waals surface area (Å²) >= 11 is 0. The second kappa shape index (κ2) is 6.28. The normalized spacial score (nSPS) is 40.7. The van der Waals surface area contributed by atoms with Crippen LogP contribution in [0.3, 0.4) is 0 Å². The second-order valence-electron chi connectivity index (χ2n) is 8.11. The van der Waals surface area contributed by atoms with Gasteiger partial charge in [-0.15, -0.1) is 0 Å². The highest BCUT2D eigenvalue weighted by atomic mass is 16.2. The van der Waals surface area contributed by atoms with Gasteiger partial charge in [-0.3, -0.25) is 0 Å². The lowest BCUT2D eigenvalue weighted by Gasteiger charge is -2.58. The molecular formula is C20H34O. The van der Waals surface area contributed by atoms with Gasteiger partial charge in [0.25, 0.3) is 0 Å². The Morgan fingerprint density at radius 2 is 2.10 bits per heavy atom. The lowest BCUT2D eigenvalue weighted by Crippen LogP contribution is -2.49. The first kappa shape index (κ1) is 16.8. The van der Waals surface area contributed by atoms with Gasteiger partial charge in [-0.25, -0.2) is 0 Å². The third-order valence-corrected chi connectivity index (χ3v) is 7.09. The Kier molecular flexibility index (Phi) is 5.03. The Morgan fingerprint density at radius 1 is 1.38 bits per heavy atom. The molecule has 120 valence electrons. The molecule has 0 aromatic rings. The van der Waals surface area contributed by atoms with Crippen LogP contribution < -0.4 is 0 Å². The molecule has 0 saturated heterocycles. The summed E-state index contributed by atoms with van der Waals surface area (Å²) in [6.45, 7) is 12.2. The van der Waals surface area contributed by atoms with Crippen molar-refractivity contribution in [1.29, 1.82) is 0 Å². The van der Waals surface area contributed by atoms with Crippen molar-refractivity contribution < 1.29 is 5.11 Å². The summed E-state index contributed by atoms with van der Waals surface area (Å²) in [5.74, 6) is 1.63. The predicted molar refractivity (Wildman–Crippen MR) is 91.2 cm³/mol. The molecule has 0 aliphatic heterocycles. The van der Waals surface area contributed by atoms with E-state index >= 15 is 0 Å². The lowest BCUT2D eigenvalue weighted by molar-refractivity contribution is -0.0466. The summed E-state index contributed by atoms with van der Waals surface area (Å²) in [5, 5.41) is 9.07.